The van der Waals surface area contributed by atoms with Crippen molar-refractivity contribution in [3.05, 3.63) is 0 Å². The highest BCUT2D eigenvalue weighted by atomic mass is 32.2. The summed E-state index contributed by atoms with van der Waals surface area (Å²) in [4.78, 5) is 13.5. The van der Waals surface area contributed by atoms with E-state index >= 15 is 0 Å². The molecule has 1 fully saturated rings. The predicted molar refractivity (Wildman–Crippen MR) is 64.2 cm³/mol. The van der Waals surface area contributed by atoms with Crippen molar-refractivity contribution in [3.8, 4) is 0 Å². The first kappa shape index (κ1) is 12.8. The maximum atomic E-state index is 11.3. The first-order valence-electron chi connectivity index (χ1n) is 5.60. The van der Waals surface area contributed by atoms with Crippen LogP contribution in [-0.4, -0.2) is 49.1 Å². The molecule has 0 amide bonds. The van der Waals surface area contributed by atoms with Crippen molar-refractivity contribution in [2.45, 2.75) is 31.7 Å². The number of thioether (sulfide) groups is 1. The third-order valence-corrected chi connectivity index (χ3v) is 3.59. The van der Waals surface area contributed by atoms with Crippen LogP contribution >= 0.6 is 11.8 Å². The molecule has 0 N–H and O–H groups in total. The maximum absolute atomic E-state index is 11.3. The van der Waals surface area contributed by atoms with Crippen LogP contribution in [0.4, 0.5) is 0 Å². The van der Waals surface area contributed by atoms with Crippen LogP contribution in [0.15, 0.2) is 0 Å². The third-order valence-electron chi connectivity index (χ3n) is 2.90. The van der Waals surface area contributed by atoms with Gasteiger partial charge in [-0.15, -0.1) is 0 Å². The van der Waals surface area contributed by atoms with E-state index in [9.17, 15) is 4.79 Å². The van der Waals surface area contributed by atoms with Crippen molar-refractivity contribution in [1.82, 2.24) is 4.90 Å². The summed E-state index contributed by atoms with van der Waals surface area (Å²) in [5.41, 5.74) is 0. The number of likely N-dealkylation sites (tertiary alicyclic amines) is 1. The molecule has 1 saturated heterocycles. The van der Waals surface area contributed by atoms with Gasteiger partial charge in [0.2, 0.25) is 0 Å². The van der Waals surface area contributed by atoms with Gasteiger partial charge in [-0.25, -0.2) is 0 Å². The fourth-order valence-corrected chi connectivity index (χ4v) is 2.34. The zero-order chi connectivity index (χ0) is 11.1. The molecule has 4 heteroatoms. The lowest BCUT2D eigenvalue weighted by molar-refractivity contribution is -0.151. The molecule has 0 saturated carbocycles. The minimum absolute atomic E-state index is 0.0514. The molecular formula is C11H21NO2S. The number of carbonyl (C=O) groups is 1. The highest BCUT2D eigenvalue weighted by Gasteiger charge is 2.34. The van der Waals surface area contributed by atoms with Gasteiger partial charge in [-0.1, -0.05) is 6.42 Å². The van der Waals surface area contributed by atoms with Crippen LogP contribution < -0.4 is 0 Å². The lowest BCUT2D eigenvalue weighted by Crippen LogP contribution is -2.52. The van der Waals surface area contributed by atoms with Crippen LogP contribution in [0, 0.1) is 0 Å². The monoisotopic (exact) mass is 231 g/mol. The smallest absolute Gasteiger partial charge is 0.323 e. The summed E-state index contributed by atoms with van der Waals surface area (Å²) in [6, 6.07) is 0.0514. The van der Waals surface area contributed by atoms with Gasteiger partial charge in [-0.2, -0.15) is 11.8 Å². The molecule has 1 rings (SSSR count). The number of methoxy groups -OCH3 is 1. The molecule has 3 nitrogen and oxygen atoms in total. The minimum atomic E-state index is -0.0645. The summed E-state index contributed by atoms with van der Waals surface area (Å²) >= 11 is 1.90. The molecule has 1 heterocycles. The summed E-state index contributed by atoms with van der Waals surface area (Å²) < 4.78 is 4.75. The summed E-state index contributed by atoms with van der Waals surface area (Å²) in [5, 5.41) is 0. The predicted octanol–water partition coefficient (Wildman–Crippen LogP) is 1.77. The van der Waals surface area contributed by atoms with Crippen molar-refractivity contribution in [2.75, 3.05) is 32.2 Å². The Kier molecular flexibility index (Phi) is 6.10. The topological polar surface area (TPSA) is 29.5 Å². The maximum Gasteiger partial charge on any atom is 0.323 e. The average molecular weight is 231 g/mol. The number of unbranched alkanes of at least 4 members (excludes halogenated alkanes) is 2. The highest BCUT2D eigenvalue weighted by Crippen LogP contribution is 2.19. The summed E-state index contributed by atoms with van der Waals surface area (Å²) in [6.45, 7) is 2.11. The van der Waals surface area contributed by atoms with Crippen LogP contribution in [0.3, 0.4) is 0 Å². The quantitative estimate of drug-likeness (QED) is 0.493. The van der Waals surface area contributed by atoms with Crippen LogP contribution in [0.1, 0.15) is 25.7 Å². The molecule has 1 unspecified atom stereocenters. The number of nitrogens with zero attached hydrogens (tertiary/aromatic N) is 1. The number of esters is 1. The Bertz CT molecular complexity index is 199. The average Bonchev–Trinajstić information content (AvgIpc) is 2.21. The Morgan fingerprint density at radius 1 is 1.47 bits per heavy atom. The molecule has 88 valence electrons. The first-order valence-corrected chi connectivity index (χ1v) is 6.99. The largest absolute Gasteiger partial charge is 0.468 e. The lowest BCUT2D eigenvalue weighted by atomic mass is 10.0. The van der Waals surface area contributed by atoms with Crippen LogP contribution in [0.25, 0.3) is 0 Å². The Morgan fingerprint density at radius 3 is 2.80 bits per heavy atom. The Morgan fingerprint density at radius 2 is 2.27 bits per heavy atom. The van der Waals surface area contributed by atoms with Gasteiger partial charge in [-0.05, 0) is 37.8 Å². The zero-order valence-electron chi connectivity index (χ0n) is 9.70. The molecule has 0 spiro atoms. The molecule has 0 aromatic rings. The lowest BCUT2D eigenvalue weighted by Gasteiger charge is -2.38. The summed E-state index contributed by atoms with van der Waals surface area (Å²) in [5.74, 6) is 1.19. The molecule has 1 aliphatic heterocycles. The molecule has 15 heavy (non-hydrogen) atoms. The molecule has 0 aromatic carbocycles. The van der Waals surface area contributed by atoms with Crippen molar-refractivity contribution in [2.24, 2.45) is 0 Å². The minimum Gasteiger partial charge on any atom is -0.468 e. The van der Waals surface area contributed by atoms with Crippen LogP contribution in [-0.2, 0) is 9.53 Å². The standard InChI is InChI=1S/C11H21NO2S/c1-14-11(13)10-6-8-12(10)7-4-3-5-9-15-2/h10H,3-9H2,1-2H3. The molecule has 1 aliphatic rings. The second kappa shape index (κ2) is 7.12. The number of hydrogen-bond acceptors (Lipinski definition) is 4. The van der Waals surface area contributed by atoms with Gasteiger partial charge in [0.05, 0.1) is 7.11 Å². The van der Waals surface area contributed by atoms with E-state index in [1.54, 1.807) is 0 Å². The van der Waals surface area contributed by atoms with Crippen LogP contribution in [0.5, 0.6) is 0 Å². The Labute approximate surface area is 96.5 Å². The third kappa shape index (κ3) is 4.03. The zero-order valence-corrected chi connectivity index (χ0v) is 10.5. The van der Waals surface area contributed by atoms with E-state index in [4.69, 9.17) is 4.74 Å². The van der Waals surface area contributed by atoms with E-state index in [0.717, 1.165) is 19.5 Å². The second-order valence-electron chi connectivity index (χ2n) is 3.92. The molecule has 0 bridgehead atoms. The molecule has 0 radical (unpaired) electrons. The van der Waals surface area contributed by atoms with E-state index in [1.165, 1.54) is 32.1 Å². The summed E-state index contributed by atoms with van der Waals surface area (Å²) in [7, 11) is 1.47. The summed E-state index contributed by atoms with van der Waals surface area (Å²) in [6.07, 6.45) is 6.87. The number of rotatable bonds is 7. The Hall–Kier alpha value is -0.220. The van der Waals surface area contributed by atoms with Gasteiger partial charge in [0.25, 0.3) is 0 Å². The Balaban J connectivity index is 2.04. The van der Waals surface area contributed by atoms with E-state index in [1.807, 2.05) is 11.8 Å². The van der Waals surface area contributed by atoms with Crippen molar-refractivity contribution in [3.63, 3.8) is 0 Å². The van der Waals surface area contributed by atoms with Gasteiger partial charge in [-0.3, -0.25) is 9.69 Å². The highest BCUT2D eigenvalue weighted by molar-refractivity contribution is 7.98. The molecule has 1 atom stereocenters. The van der Waals surface area contributed by atoms with E-state index in [2.05, 4.69) is 11.2 Å². The van der Waals surface area contributed by atoms with Crippen LogP contribution in [0.2, 0.25) is 0 Å². The van der Waals surface area contributed by atoms with Crippen molar-refractivity contribution >= 4 is 17.7 Å². The van der Waals surface area contributed by atoms with E-state index in [0.29, 0.717) is 0 Å². The number of ether oxygens (including phenoxy) is 1. The second-order valence-corrected chi connectivity index (χ2v) is 4.90. The van der Waals surface area contributed by atoms with Gasteiger partial charge >= 0.3 is 5.97 Å². The fraction of sp³-hybridized carbons (Fsp3) is 0.909. The van der Waals surface area contributed by atoms with Gasteiger partial charge in [0.1, 0.15) is 6.04 Å². The molecule has 0 aliphatic carbocycles. The van der Waals surface area contributed by atoms with Crippen molar-refractivity contribution < 1.29 is 9.53 Å². The number of carbonyl (C=O) groups excluding carboxylic acids is 1. The fourth-order valence-electron chi connectivity index (χ4n) is 1.85. The van der Waals surface area contributed by atoms with Crippen molar-refractivity contribution in [1.29, 1.82) is 0 Å². The van der Waals surface area contributed by atoms with Gasteiger partial charge in [0, 0.05) is 6.54 Å². The SMILES string of the molecule is COC(=O)C1CCN1CCCCCSC. The van der Waals surface area contributed by atoms with E-state index in [-0.39, 0.29) is 12.0 Å². The van der Waals surface area contributed by atoms with E-state index < -0.39 is 0 Å². The van der Waals surface area contributed by atoms with Gasteiger partial charge in [0.15, 0.2) is 0 Å². The van der Waals surface area contributed by atoms with Gasteiger partial charge < -0.3 is 4.74 Å². The molecular weight excluding hydrogens is 210 g/mol. The number of hydrogen-bond donors (Lipinski definition) is 0. The normalized spacial score (nSPS) is 21.1. The molecule has 0 aromatic heterocycles. The first-order chi connectivity index (χ1) is 7.29.